The van der Waals surface area contributed by atoms with Crippen LogP contribution >= 0.6 is 0 Å². The molecule has 0 bridgehead atoms. The predicted octanol–water partition coefficient (Wildman–Crippen LogP) is 15.4. The number of nitrogens with zero attached hydrogens (tertiary/aromatic N) is 10. The smallest absolute Gasteiger partial charge is 0.164 e. The third-order valence-electron chi connectivity index (χ3n) is 14.4. The molecule has 0 fully saturated rings. The maximum atomic E-state index is 10.7. The van der Waals surface area contributed by atoms with Crippen molar-refractivity contribution < 1.29 is 0 Å². The van der Waals surface area contributed by atoms with E-state index in [1.807, 2.05) is 127 Å². The van der Waals surface area contributed by atoms with Gasteiger partial charge in [-0.3, -0.25) is 0 Å². The highest BCUT2D eigenvalue weighted by Crippen LogP contribution is 2.44. The number of aromatic nitrogens is 5. The van der Waals surface area contributed by atoms with E-state index in [1.54, 1.807) is 24.3 Å². The van der Waals surface area contributed by atoms with Crippen LogP contribution in [0.3, 0.4) is 0 Å². The van der Waals surface area contributed by atoms with Gasteiger partial charge in [-0.2, -0.15) is 26.3 Å². The van der Waals surface area contributed by atoms with E-state index in [1.165, 1.54) is 0 Å². The Morgan fingerprint density at radius 3 is 1.27 bits per heavy atom. The average molecular weight is 993 g/mol. The van der Waals surface area contributed by atoms with Crippen LogP contribution in [0.4, 0.5) is 0 Å². The van der Waals surface area contributed by atoms with Crippen LogP contribution in [0.5, 0.6) is 0 Å². The molecule has 78 heavy (non-hydrogen) atoms. The van der Waals surface area contributed by atoms with Gasteiger partial charge in [-0.05, 0) is 125 Å². The SMILES string of the molecule is N#Cc1ccc(-c2ccc3c(c2)c2ccccc2n3-c2ccc(-c3nc(-c4ccccc4)nc(-c4ccccc4)n3)c(-c3cc(C#N)ccc3-n3c4ccccc4c4cc(-c5ccc(C#N)cc5C#N)ccc43)c2)c(C#N)c1. The number of hydrogen-bond donors (Lipinski definition) is 0. The monoisotopic (exact) mass is 992 g/mol. The van der Waals surface area contributed by atoms with Gasteiger partial charge in [0.2, 0.25) is 0 Å². The first-order valence-electron chi connectivity index (χ1n) is 25.0. The molecule has 0 radical (unpaired) electrons. The third kappa shape index (κ3) is 7.74. The molecule has 13 aromatic rings. The van der Waals surface area contributed by atoms with Crippen molar-refractivity contribution in [2.75, 3.05) is 0 Å². The molecule has 358 valence electrons. The van der Waals surface area contributed by atoms with Crippen LogP contribution < -0.4 is 0 Å². The van der Waals surface area contributed by atoms with E-state index in [2.05, 4.69) is 106 Å². The molecule has 0 amide bonds. The van der Waals surface area contributed by atoms with E-state index < -0.39 is 0 Å². The maximum Gasteiger partial charge on any atom is 0.164 e. The second kappa shape index (κ2) is 18.9. The molecule has 0 unspecified atom stereocenters. The molecule has 0 aliphatic rings. The van der Waals surface area contributed by atoms with Crippen molar-refractivity contribution in [1.82, 2.24) is 24.1 Å². The second-order valence-corrected chi connectivity index (χ2v) is 18.7. The van der Waals surface area contributed by atoms with Gasteiger partial charge >= 0.3 is 0 Å². The summed E-state index contributed by atoms with van der Waals surface area (Å²) in [5, 5.41) is 54.3. The van der Waals surface area contributed by atoms with Crippen LogP contribution in [-0.2, 0) is 0 Å². The minimum Gasteiger partial charge on any atom is -0.309 e. The highest BCUT2D eigenvalue weighted by Gasteiger charge is 2.24. The summed E-state index contributed by atoms with van der Waals surface area (Å²) < 4.78 is 4.46. The van der Waals surface area contributed by atoms with Crippen LogP contribution in [0.2, 0.25) is 0 Å². The first kappa shape index (κ1) is 46.1. The standard InChI is InChI=1S/C68H36N10/c69-37-42-19-25-52(49(31-42)40-72)47-22-29-63-59(34-47)54-15-7-9-17-61(54)77(63)51-24-27-56(68-75-66(45-11-3-1-4-12-45)74-67(76-68)46-13-5-2-6-14-46)57(36-51)58-33-44(39-71)21-28-64(58)78-62-18-10-8-16-55(62)60-35-48(23-30-65(60)78)53-26-20-43(38-70)32-50(53)41-73/h1-36H. The second-order valence-electron chi connectivity index (χ2n) is 18.7. The number of para-hydroxylation sites is 2. The fourth-order valence-corrected chi connectivity index (χ4v) is 10.8. The minimum absolute atomic E-state index is 0.409. The van der Waals surface area contributed by atoms with E-state index >= 15 is 0 Å². The zero-order valence-corrected chi connectivity index (χ0v) is 41.3. The van der Waals surface area contributed by atoms with Crippen LogP contribution in [0, 0.1) is 56.7 Å². The highest BCUT2D eigenvalue weighted by molar-refractivity contribution is 6.12. The van der Waals surface area contributed by atoms with Crippen molar-refractivity contribution in [3.63, 3.8) is 0 Å². The van der Waals surface area contributed by atoms with Gasteiger partial charge in [-0.1, -0.05) is 121 Å². The summed E-state index contributed by atoms with van der Waals surface area (Å²) in [6.45, 7) is 0. The third-order valence-corrected chi connectivity index (χ3v) is 14.4. The topological polar surface area (TPSA) is 167 Å². The zero-order valence-electron chi connectivity index (χ0n) is 41.3. The Balaban J connectivity index is 1.09. The summed E-state index contributed by atoms with van der Waals surface area (Å²) in [4.78, 5) is 15.6. The Kier molecular flexibility index (Phi) is 11.2. The van der Waals surface area contributed by atoms with Crippen molar-refractivity contribution in [2.45, 2.75) is 0 Å². The Morgan fingerprint density at radius 2 is 0.731 bits per heavy atom. The predicted molar refractivity (Wildman–Crippen MR) is 305 cm³/mol. The quantitative estimate of drug-likeness (QED) is 0.145. The first-order chi connectivity index (χ1) is 38.4. The molecule has 0 aliphatic heterocycles. The number of nitriles is 5. The van der Waals surface area contributed by atoms with Crippen LogP contribution in [0.15, 0.2) is 218 Å². The van der Waals surface area contributed by atoms with Gasteiger partial charge in [0.05, 0.1) is 85.9 Å². The Labute approximate surface area is 447 Å². The highest BCUT2D eigenvalue weighted by atomic mass is 15.0. The summed E-state index contributed by atoms with van der Waals surface area (Å²) in [5.41, 5.74) is 14.4. The van der Waals surface area contributed by atoms with Gasteiger partial charge in [0.15, 0.2) is 17.5 Å². The van der Waals surface area contributed by atoms with Crippen LogP contribution in [-0.4, -0.2) is 24.1 Å². The molecule has 13 rings (SSSR count). The summed E-state index contributed by atoms with van der Waals surface area (Å²) in [5.74, 6) is 1.43. The lowest BCUT2D eigenvalue weighted by molar-refractivity contribution is 1.07. The maximum absolute atomic E-state index is 10.7. The van der Waals surface area contributed by atoms with Gasteiger partial charge in [0.1, 0.15) is 0 Å². The number of benzene rings is 10. The Bertz CT molecular complexity index is 4800. The summed E-state index contributed by atoms with van der Waals surface area (Å²) >= 11 is 0. The molecule has 0 atom stereocenters. The molecule has 10 heteroatoms. The lowest BCUT2D eigenvalue weighted by atomic mass is 9.94. The van der Waals surface area contributed by atoms with Crippen molar-refractivity contribution in [3.8, 4) is 109 Å². The van der Waals surface area contributed by atoms with Crippen molar-refractivity contribution in [3.05, 3.63) is 246 Å². The molecule has 0 saturated carbocycles. The number of hydrogen-bond acceptors (Lipinski definition) is 8. The Morgan fingerprint density at radius 1 is 0.282 bits per heavy atom. The molecule has 3 heterocycles. The fraction of sp³-hybridized carbons (Fsp3) is 0. The molecule has 0 spiro atoms. The van der Waals surface area contributed by atoms with Gasteiger partial charge < -0.3 is 9.13 Å². The summed E-state index contributed by atoms with van der Waals surface area (Å²) in [6.07, 6.45) is 0. The van der Waals surface area contributed by atoms with Gasteiger partial charge in [0, 0.05) is 49.5 Å². The van der Waals surface area contributed by atoms with Crippen LogP contribution in [0.25, 0.3) is 123 Å². The minimum atomic E-state index is 0.409. The molecular weight excluding hydrogens is 957 g/mol. The molecule has 0 aliphatic carbocycles. The van der Waals surface area contributed by atoms with Gasteiger partial charge in [-0.15, -0.1) is 0 Å². The van der Waals surface area contributed by atoms with Crippen molar-refractivity contribution in [2.24, 2.45) is 0 Å². The summed E-state index contributed by atoms with van der Waals surface area (Å²) in [7, 11) is 0. The van der Waals surface area contributed by atoms with Crippen molar-refractivity contribution in [1.29, 1.82) is 26.3 Å². The molecular formula is C68H36N10. The van der Waals surface area contributed by atoms with E-state index in [0.29, 0.717) is 50.9 Å². The average Bonchev–Trinajstić information content (AvgIpc) is 4.25. The number of fused-ring (bicyclic) bond motifs is 6. The molecule has 10 aromatic carbocycles. The molecule has 10 nitrogen and oxygen atoms in total. The number of rotatable bonds is 8. The summed E-state index contributed by atoms with van der Waals surface area (Å²) in [6, 6.07) is 82.3. The first-order valence-corrected chi connectivity index (χ1v) is 25.0. The van der Waals surface area contributed by atoms with Gasteiger partial charge in [0.25, 0.3) is 0 Å². The lowest BCUT2D eigenvalue weighted by Crippen LogP contribution is -2.04. The van der Waals surface area contributed by atoms with Crippen LogP contribution in [0.1, 0.15) is 27.8 Å². The molecule has 0 saturated heterocycles. The molecule has 3 aromatic heterocycles. The largest absolute Gasteiger partial charge is 0.309 e. The zero-order chi connectivity index (χ0) is 52.9. The van der Waals surface area contributed by atoms with E-state index in [4.69, 9.17) is 15.0 Å². The normalized spacial score (nSPS) is 11.0. The van der Waals surface area contributed by atoms with E-state index in [-0.39, 0.29) is 0 Å². The van der Waals surface area contributed by atoms with Crippen molar-refractivity contribution >= 4 is 43.6 Å². The van der Waals surface area contributed by atoms with E-state index in [0.717, 1.165) is 99.5 Å². The molecule has 0 N–H and O–H groups in total. The Hall–Kier alpha value is -11.7. The van der Waals surface area contributed by atoms with Gasteiger partial charge in [-0.25, -0.2) is 15.0 Å². The van der Waals surface area contributed by atoms with E-state index in [9.17, 15) is 26.3 Å². The fourth-order valence-electron chi connectivity index (χ4n) is 10.8. The lowest BCUT2D eigenvalue weighted by Gasteiger charge is -2.19.